The van der Waals surface area contributed by atoms with Crippen molar-refractivity contribution in [3.05, 3.63) is 24.0 Å². The zero-order chi connectivity index (χ0) is 17.7. The predicted octanol–water partition coefficient (Wildman–Crippen LogP) is 2.54. The van der Waals surface area contributed by atoms with Gasteiger partial charge in [-0.15, -0.1) is 0 Å². The summed E-state index contributed by atoms with van der Waals surface area (Å²) in [5, 5.41) is 3.64. The van der Waals surface area contributed by atoms with E-state index in [-0.39, 0.29) is 5.54 Å². The standard InChI is InChI=1S/C19H35N5/c1-16-9-7-11-19(13-16,22(3)4)15-21-18(20-2)24(6)14-17-10-8-12-23(17)5/h8,10,12,16H,7,9,11,13-15H2,1-6H3,(H,20,21). The normalized spacial score (nSPS) is 25.1. The van der Waals surface area contributed by atoms with Crippen molar-refractivity contribution in [3.63, 3.8) is 0 Å². The number of likely N-dealkylation sites (N-methyl/N-ethyl adjacent to an activating group) is 1. The van der Waals surface area contributed by atoms with Gasteiger partial charge in [0.1, 0.15) is 0 Å². The first-order chi connectivity index (χ1) is 11.4. The third-order valence-electron chi connectivity index (χ3n) is 5.62. The number of aromatic nitrogens is 1. The van der Waals surface area contributed by atoms with Crippen molar-refractivity contribution >= 4 is 5.96 Å². The van der Waals surface area contributed by atoms with Gasteiger partial charge in [-0.2, -0.15) is 0 Å². The summed E-state index contributed by atoms with van der Waals surface area (Å²) in [5.41, 5.74) is 1.52. The van der Waals surface area contributed by atoms with E-state index < -0.39 is 0 Å². The Kier molecular flexibility index (Phi) is 6.33. The summed E-state index contributed by atoms with van der Waals surface area (Å²) in [5.74, 6) is 1.77. The van der Waals surface area contributed by atoms with Crippen molar-refractivity contribution in [1.82, 2.24) is 19.7 Å². The number of hydrogen-bond donors (Lipinski definition) is 1. The molecule has 0 saturated heterocycles. The number of guanidine groups is 1. The Morgan fingerprint density at radius 2 is 2.17 bits per heavy atom. The van der Waals surface area contributed by atoms with Gasteiger partial charge in [0.25, 0.3) is 0 Å². The molecule has 0 aromatic carbocycles. The van der Waals surface area contributed by atoms with Crippen molar-refractivity contribution in [2.24, 2.45) is 18.0 Å². The van der Waals surface area contributed by atoms with Gasteiger partial charge in [0, 0.05) is 45.1 Å². The van der Waals surface area contributed by atoms with Crippen molar-refractivity contribution in [1.29, 1.82) is 0 Å². The third kappa shape index (κ3) is 4.32. The molecule has 1 aliphatic rings. The molecule has 0 aliphatic heterocycles. The first-order valence-corrected chi connectivity index (χ1v) is 9.07. The highest BCUT2D eigenvalue weighted by Crippen LogP contribution is 2.35. The Balaban J connectivity index is 2.00. The lowest BCUT2D eigenvalue weighted by Gasteiger charge is -2.45. The topological polar surface area (TPSA) is 35.8 Å². The minimum absolute atomic E-state index is 0.236. The predicted molar refractivity (Wildman–Crippen MR) is 102 cm³/mol. The molecule has 136 valence electrons. The minimum Gasteiger partial charge on any atom is -0.354 e. The molecule has 1 aliphatic carbocycles. The summed E-state index contributed by atoms with van der Waals surface area (Å²) in [6.45, 7) is 4.19. The first-order valence-electron chi connectivity index (χ1n) is 9.07. The molecule has 0 spiro atoms. The van der Waals surface area contributed by atoms with E-state index in [2.05, 4.69) is 78.1 Å². The van der Waals surface area contributed by atoms with E-state index in [0.717, 1.165) is 25.0 Å². The monoisotopic (exact) mass is 333 g/mol. The van der Waals surface area contributed by atoms with E-state index in [1.54, 1.807) is 0 Å². The van der Waals surface area contributed by atoms with Crippen LogP contribution < -0.4 is 5.32 Å². The number of nitrogens with one attached hydrogen (secondary N) is 1. The largest absolute Gasteiger partial charge is 0.354 e. The van der Waals surface area contributed by atoms with E-state index in [0.29, 0.717) is 0 Å². The molecule has 0 radical (unpaired) electrons. The van der Waals surface area contributed by atoms with Gasteiger partial charge in [0.05, 0.1) is 6.54 Å². The summed E-state index contributed by atoms with van der Waals surface area (Å²) in [6, 6.07) is 4.25. The van der Waals surface area contributed by atoms with Gasteiger partial charge >= 0.3 is 0 Å². The van der Waals surface area contributed by atoms with Crippen LogP contribution >= 0.6 is 0 Å². The third-order valence-corrected chi connectivity index (χ3v) is 5.62. The summed E-state index contributed by atoms with van der Waals surface area (Å²) in [7, 11) is 10.5. The molecule has 0 amide bonds. The zero-order valence-electron chi connectivity index (χ0n) is 16.3. The van der Waals surface area contributed by atoms with E-state index in [1.807, 2.05) is 7.05 Å². The molecular formula is C19H35N5. The second-order valence-corrected chi connectivity index (χ2v) is 7.69. The highest BCUT2D eigenvalue weighted by molar-refractivity contribution is 5.79. The van der Waals surface area contributed by atoms with Crippen LogP contribution in [0.2, 0.25) is 0 Å². The van der Waals surface area contributed by atoms with Gasteiger partial charge in [-0.3, -0.25) is 4.99 Å². The summed E-state index contributed by atoms with van der Waals surface area (Å²) in [6.07, 6.45) is 7.28. The van der Waals surface area contributed by atoms with Gasteiger partial charge in [0.15, 0.2) is 5.96 Å². The number of hydrogen-bond acceptors (Lipinski definition) is 2. The van der Waals surface area contributed by atoms with Crippen LogP contribution in [0.15, 0.2) is 23.3 Å². The maximum absolute atomic E-state index is 4.50. The number of aliphatic imine (C=N–C) groups is 1. The zero-order valence-corrected chi connectivity index (χ0v) is 16.3. The quantitative estimate of drug-likeness (QED) is 0.664. The molecular weight excluding hydrogens is 298 g/mol. The van der Waals surface area contributed by atoms with Crippen LogP contribution in [0.1, 0.15) is 38.3 Å². The molecule has 2 atom stereocenters. The van der Waals surface area contributed by atoms with Crippen molar-refractivity contribution in [2.75, 3.05) is 34.7 Å². The first kappa shape index (κ1) is 18.8. The fourth-order valence-corrected chi connectivity index (χ4v) is 3.96. The van der Waals surface area contributed by atoms with E-state index in [1.165, 1.54) is 31.4 Å². The Morgan fingerprint density at radius 3 is 2.71 bits per heavy atom. The lowest BCUT2D eigenvalue weighted by Crippen LogP contribution is -2.56. The summed E-state index contributed by atoms with van der Waals surface area (Å²) in [4.78, 5) is 9.11. The van der Waals surface area contributed by atoms with Gasteiger partial charge in [-0.05, 0) is 45.0 Å². The average molecular weight is 334 g/mol. The molecule has 1 fully saturated rings. The Morgan fingerprint density at radius 1 is 1.42 bits per heavy atom. The van der Waals surface area contributed by atoms with E-state index in [9.17, 15) is 0 Å². The molecule has 1 aromatic heterocycles. The SMILES string of the molecule is CN=C(NCC1(N(C)C)CCCC(C)C1)N(C)Cc1cccn1C. The fourth-order valence-electron chi connectivity index (χ4n) is 3.96. The average Bonchev–Trinajstić information content (AvgIpc) is 2.93. The second-order valence-electron chi connectivity index (χ2n) is 7.69. The van der Waals surface area contributed by atoms with Gasteiger partial charge in [-0.1, -0.05) is 19.8 Å². The van der Waals surface area contributed by atoms with Gasteiger partial charge in [-0.25, -0.2) is 0 Å². The second kappa shape index (κ2) is 8.06. The number of nitrogens with zero attached hydrogens (tertiary/aromatic N) is 4. The van der Waals surface area contributed by atoms with Gasteiger partial charge < -0.3 is 19.7 Å². The smallest absolute Gasteiger partial charge is 0.193 e. The van der Waals surface area contributed by atoms with Crippen molar-refractivity contribution in [3.8, 4) is 0 Å². The molecule has 2 unspecified atom stereocenters. The minimum atomic E-state index is 0.236. The molecule has 1 saturated carbocycles. The summed E-state index contributed by atoms with van der Waals surface area (Å²) >= 11 is 0. The molecule has 1 heterocycles. The molecule has 24 heavy (non-hydrogen) atoms. The van der Waals surface area contributed by atoms with E-state index in [4.69, 9.17) is 0 Å². The summed E-state index contributed by atoms with van der Waals surface area (Å²) < 4.78 is 2.16. The number of rotatable bonds is 5. The van der Waals surface area contributed by atoms with Crippen LogP contribution in [0.5, 0.6) is 0 Å². The van der Waals surface area contributed by atoms with E-state index >= 15 is 0 Å². The molecule has 2 rings (SSSR count). The van der Waals surface area contributed by atoms with Crippen molar-refractivity contribution < 1.29 is 0 Å². The molecule has 0 bridgehead atoms. The van der Waals surface area contributed by atoms with Crippen LogP contribution in [-0.2, 0) is 13.6 Å². The Bertz CT molecular complexity index is 548. The maximum atomic E-state index is 4.50. The van der Waals surface area contributed by atoms with Crippen LogP contribution in [0.4, 0.5) is 0 Å². The van der Waals surface area contributed by atoms with Crippen molar-refractivity contribution in [2.45, 2.75) is 44.7 Å². The number of aryl methyl sites for hydroxylation is 1. The lowest BCUT2D eigenvalue weighted by atomic mass is 9.75. The fraction of sp³-hybridized carbons (Fsp3) is 0.737. The maximum Gasteiger partial charge on any atom is 0.193 e. The highest BCUT2D eigenvalue weighted by atomic mass is 15.3. The van der Waals surface area contributed by atoms with Crippen LogP contribution in [0, 0.1) is 5.92 Å². The van der Waals surface area contributed by atoms with Crippen LogP contribution in [-0.4, -0.2) is 60.6 Å². The lowest BCUT2D eigenvalue weighted by molar-refractivity contribution is 0.0790. The van der Waals surface area contributed by atoms with Gasteiger partial charge in [0.2, 0.25) is 0 Å². The Labute approximate surface area is 147 Å². The molecule has 1 N–H and O–H groups in total. The molecule has 5 nitrogen and oxygen atoms in total. The van der Waals surface area contributed by atoms with Crippen LogP contribution in [0.25, 0.3) is 0 Å². The Hall–Kier alpha value is -1.49. The highest BCUT2D eigenvalue weighted by Gasteiger charge is 2.37. The molecule has 5 heteroatoms. The molecule has 1 aromatic rings. The van der Waals surface area contributed by atoms with Crippen LogP contribution in [0.3, 0.4) is 0 Å².